The Balaban J connectivity index is 0.835. The fraction of sp³-hybridized carbons (Fsp3) is 0.455. The minimum atomic E-state index is -0.555. The summed E-state index contributed by atoms with van der Waals surface area (Å²) in [6.07, 6.45) is 19.1. The van der Waals surface area contributed by atoms with Crippen LogP contribution in [0.1, 0.15) is 161 Å². The zero-order valence-electron chi connectivity index (χ0n) is 47.8. The average Bonchev–Trinajstić information content (AvgIpc) is 3.63. The molecular formula is C66H77N3O14S. The number of hydrogen-bond acceptors (Lipinski definition) is 18. The molecule has 0 radical (unpaired) electrons. The van der Waals surface area contributed by atoms with Crippen LogP contribution in [-0.2, 0) is 38.1 Å². The van der Waals surface area contributed by atoms with Crippen LogP contribution in [0.5, 0.6) is 23.0 Å². The lowest BCUT2D eigenvalue weighted by atomic mass is 9.87. The maximum Gasteiger partial charge on any atom is 0.339 e. The van der Waals surface area contributed by atoms with Gasteiger partial charge in [0.2, 0.25) is 5.13 Å². The lowest BCUT2D eigenvalue weighted by Crippen LogP contribution is -2.32. The number of hydrogen-bond donors (Lipinski definition) is 0. The molecule has 5 aromatic rings. The first-order valence-corrected chi connectivity index (χ1v) is 30.6. The predicted molar refractivity (Wildman–Crippen MR) is 320 cm³/mol. The maximum absolute atomic E-state index is 14.2. The van der Waals surface area contributed by atoms with Crippen molar-refractivity contribution in [2.24, 2.45) is 16.9 Å². The predicted octanol–water partition coefficient (Wildman–Crippen LogP) is 13.4. The third-order valence-electron chi connectivity index (χ3n) is 15.3. The molecule has 4 aromatic carbocycles. The van der Waals surface area contributed by atoms with Crippen molar-refractivity contribution in [2.45, 2.75) is 153 Å². The molecule has 0 spiro atoms. The molecule has 3 aliphatic rings. The number of carbonyl (C=O) groups excluding carboxylic acids is 6. The Bertz CT molecular complexity index is 2980. The molecule has 0 amide bonds. The van der Waals surface area contributed by atoms with E-state index in [2.05, 4.69) is 13.2 Å². The van der Waals surface area contributed by atoms with Gasteiger partial charge in [-0.15, -0.1) is 0 Å². The third-order valence-corrected chi connectivity index (χ3v) is 16.3. The van der Waals surface area contributed by atoms with Gasteiger partial charge in [0.25, 0.3) is 0 Å². The van der Waals surface area contributed by atoms with Crippen LogP contribution in [0.15, 0.2) is 121 Å². The minimum absolute atomic E-state index is 0.0971. The molecular weight excluding hydrogens is 1090 g/mol. The first-order chi connectivity index (χ1) is 41.0. The van der Waals surface area contributed by atoms with Gasteiger partial charge in [-0.25, -0.2) is 29.2 Å². The second kappa shape index (κ2) is 32.8. The Labute approximate surface area is 495 Å². The number of esters is 6. The molecule has 0 N–H and O–H groups in total. The van der Waals surface area contributed by atoms with Gasteiger partial charge >= 0.3 is 35.8 Å². The zero-order chi connectivity index (χ0) is 58.9. The molecule has 1 aromatic heterocycles. The Kier molecular flexibility index (Phi) is 24.3. The summed E-state index contributed by atoms with van der Waals surface area (Å²) in [5.74, 6) is -1.37. The molecule has 446 valence electrons. The monoisotopic (exact) mass is 1170 g/mol. The van der Waals surface area contributed by atoms with E-state index >= 15 is 0 Å². The van der Waals surface area contributed by atoms with Gasteiger partial charge in [-0.2, -0.15) is 5.10 Å². The number of benzene rings is 4. The fourth-order valence-electron chi connectivity index (χ4n) is 10.5. The molecule has 18 heteroatoms. The highest BCUT2D eigenvalue weighted by Crippen LogP contribution is 2.36. The third kappa shape index (κ3) is 19.4. The van der Waals surface area contributed by atoms with Gasteiger partial charge in [0, 0.05) is 17.7 Å². The summed E-state index contributed by atoms with van der Waals surface area (Å²) in [7, 11) is 0. The number of carbonyl (C=O) groups is 6. The van der Waals surface area contributed by atoms with Gasteiger partial charge in [-0.05, 0) is 194 Å². The highest BCUT2D eigenvalue weighted by Gasteiger charge is 2.33. The Morgan fingerprint density at radius 2 is 1.05 bits per heavy atom. The number of fused-ring (bicyclic) bond motifs is 1. The number of unbranched alkanes of at least 4 members (excludes halogenated alkanes) is 6. The van der Waals surface area contributed by atoms with Crippen molar-refractivity contribution in [3.8, 4) is 23.0 Å². The SMILES string of the molecule is C=CC(=O)OCCCCCCOc1ccc(OC(=O)[C@H]2CC[C@H](OC(=O)c3ccc(OC(=O)[C@H]4CC[C@H](OC(=O)c5ccc(OCCCCCCOC(=O)C=C)cc5)CC4)cc3/C=N/N(c3nc4ccccc4s3)C3CCCCC3)CC2)cc1. The van der Waals surface area contributed by atoms with E-state index in [1.807, 2.05) is 29.3 Å². The number of thiazole rings is 1. The van der Waals surface area contributed by atoms with E-state index in [9.17, 15) is 28.8 Å². The van der Waals surface area contributed by atoms with Crippen LogP contribution < -0.4 is 24.0 Å². The molecule has 0 saturated heterocycles. The number of nitrogens with zero attached hydrogens (tertiary/aromatic N) is 3. The number of anilines is 1. The molecule has 3 saturated carbocycles. The van der Waals surface area contributed by atoms with E-state index in [1.165, 1.54) is 0 Å². The van der Waals surface area contributed by atoms with Crippen molar-refractivity contribution < 1.29 is 66.7 Å². The van der Waals surface area contributed by atoms with Gasteiger partial charge < -0.3 is 37.9 Å². The average molecular weight is 1170 g/mol. The van der Waals surface area contributed by atoms with Gasteiger partial charge in [0.15, 0.2) is 0 Å². The molecule has 0 unspecified atom stereocenters. The number of aromatic nitrogens is 1. The van der Waals surface area contributed by atoms with Crippen LogP contribution in [0, 0.1) is 11.8 Å². The Morgan fingerprint density at radius 3 is 1.61 bits per heavy atom. The first kappa shape index (κ1) is 62.2. The van der Waals surface area contributed by atoms with E-state index in [-0.39, 0.29) is 35.3 Å². The van der Waals surface area contributed by atoms with Crippen LogP contribution in [0.25, 0.3) is 10.2 Å². The summed E-state index contributed by atoms with van der Waals surface area (Å²) in [4.78, 5) is 81.8. The second-order valence-electron chi connectivity index (χ2n) is 21.5. The molecule has 0 atom stereocenters. The van der Waals surface area contributed by atoms with Crippen LogP contribution in [0.3, 0.4) is 0 Å². The van der Waals surface area contributed by atoms with E-state index in [4.69, 9.17) is 48.0 Å². The normalized spacial score (nSPS) is 18.0. The molecule has 3 aliphatic carbocycles. The lowest BCUT2D eigenvalue weighted by Gasteiger charge is -2.30. The molecule has 1 heterocycles. The van der Waals surface area contributed by atoms with Crippen LogP contribution in [0.2, 0.25) is 0 Å². The summed E-state index contributed by atoms with van der Waals surface area (Å²) >= 11 is 1.56. The van der Waals surface area contributed by atoms with Crippen molar-refractivity contribution in [3.63, 3.8) is 0 Å². The van der Waals surface area contributed by atoms with Crippen molar-refractivity contribution in [1.29, 1.82) is 0 Å². The first-order valence-electron chi connectivity index (χ1n) is 29.7. The molecule has 17 nitrogen and oxygen atoms in total. The Hall–Kier alpha value is -7.86. The van der Waals surface area contributed by atoms with Crippen LogP contribution in [-0.4, -0.2) is 91.7 Å². The Morgan fingerprint density at radius 1 is 0.548 bits per heavy atom. The molecule has 0 bridgehead atoms. The molecule has 8 rings (SSSR count). The van der Waals surface area contributed by atoms with E-state index in [0.29, 0.717) is 106 Å². The van der Waals surface area contributed by atoms with Crippen molar-refractivity contribution in [3.05, 3.63) is 133 Å². The maximum atomic E-state index is 14.2. The molecule has 3 fully saturated rings. The molecule has 0 aliphatic heterocycles. The zero-order valence-corrected chi connectivity index (χ0v) is 48.7. The smallest absolute Gasteiger partial charge is 0.339 e. The highest BCUT2D eigenvalue weighted by atomic mass is 32.1. The highest BCUT2D eigenvalue weighted by molar-refractivity contribution is 7.22. The lowest BCUT2D eigenvalue weighted by molar-refractivity contribution is -0.141. The van der Waals surface area contributed by atoms with Gasteiger partial charge in [0.1, 0.15) is 35.2 Å². The summed E-state index contributed by atoms with van der Waals surface area (Å²) in [5, 5.41) is 7.77. The fourth-order valence-corrected chi connectivity index (χ4v) is 11.5. The van der Waals surface area contributed by atoms with E-state index < -0.39 is 41.9 Å². The van der Waals surface area contributed by atoms with Gasteiger partial charge in [-0.3, -0.25) is 9.59 Å². The number of hydrazone groups is 1. The van der Waals surface area contributed by atoms with Crippen molar-refractivity contribution in [1.82, 2.24) is 4.98 Å². The van der Waals surface area contributed by atoms with Gasteiger partial charge in [-0.1, -0.05) is 55.9 Å². The number of rotatable bonds is 30. The van der Waals surface area contributed by atoms with Crippen molar-refractivity contribution >= 4 is 68.7 Å². The second-order valence-corrected chi connectivity index (χ2v) is 22.5. The van der Waals surface area contributed by atoms with Crippen LogP contribution >= 0.6 is 11.3 Å². The van der Waals surface area contributed by atoms with Crippen molar-refractivity contribution in [2.75, 3.05) is 31.4 Å². The van der Waals surface area contributed by atoms with Gasteiger partial charge in [0.05, 0.1) is 71.9 Å². The molecule has 84 heavy (non-hydrogen) atoms. The number of ether oxygens (including phenoxy) is 8. The number of para-hydroxylation sites is 1. The minimum Gasteiger partial charge on any atom is -0.494 e. The van der Waals surface area contributed by atoms with E-state index in [1.54, 1.807) is 84.3 Å². The van der Waals surface area contributed by atoms with E-state index in [0.717, 1.165) is 111 Å². The summed E-state index contributed by atoms with van der Waals surface area (Å²) in [5.41, 5.74) is 1.95. The summed E-state index contributed by atoms with van der Waals surface area (Å²) in [6, 6.07) is 26.7. The largest absolute Gasteiger partial charge is 0.494 e. The quantitative estimate of drug-likeness (QED) is 0.00797. The summed E-state index contributed by atoms with van der Waals surface area (Å²) in [6.45, 7) is 8.59. The summed E-state index contributed by atoms with van der Waals surface area (Å²) < 4.78 is 46.6. The standard InChI is InChI=1S/C66H77N3O14S/c1-3-60(70)78-42-16-7-5-14-40-76-51-28-22-46(23-29-51)62(72)80-53-30-24-48(25-31-53)64(74)83-56-38-39-57(49(44-56)45-67-69(50-18-10-9-11-19-50)66-68-58-20-12-13-21-59(58)84-66)65(75)82-54-32-26-47(27-33-54)63(73)81-55-36-34-52(35-37-55)77-41-15-6-8-17-43-79-61(71)4-2/h3-4,12-13,20-23,28-29,34-39,44-45,47-48,50,53-54H,1-2,5-11,14-19,24-27,30-33,40-43H2/b67-45+/t47-,48-,53-,54-. The van der Waals surface area contributed by atoms with Crippen LogP contribution in [0.4, 0.5) is 5.13 Å². The topological polar surface area (TPSA) is 205 Å².